The number of fused-ring (bicyclic) bond motifs is 1. The van der Waals surface area contributed by atoms with Crippen LogP contribution >= 0.6 is 11.3 Å². The lowest BCUT2D eigenvalue weighted by Crippen LogP contribution is -2.38. The van der Waals surface area contributed by atoms with Gasteiger partial charge in [0, 0.05) is 55.6 Å². The number of amides is 1. The molecule has 1 aromatic carbocycles. The summed E-state index contributed by atoms with van der Waals surface area (Å²) in [4.78, 5) is 31.2. The minimum Gasteiger partial charge on any atom is -0.443 e. The van der Waals surface area contributed by atoms with Gasteiger partial charge in [0.15, 0.2) is 0 Å². The highest BCUT2D eigenvalue weighted by atomic mass is 32.1. The molecule has 1 fully saturated rings. The van der Waals surface area contributed by atoms with Gasteiger partial charge in [0.1, 0.15) is 10.4 Å². The maximum Gasteiger partial charge on any atom is 0.414 e. The second-order valence-electron chi connectivity index (χ2n) is 9.68. The van der Waals surface area contributed by atoms with Crippen molar-refractivity contribution in [3.05, 3.63) is 52.5 Å². The lowest BCUT2D eigenvalue weighted by atomic mass is 10.1. The number of ketones is 1. The molecule has 1 aliphatic heterocycles. The summed E-state index contributed by atoms with van der Waals surface area (Å²) in [6.45, 7) is 13.0. The van der Waals surface area contributed by atoms with E-state index in [0.29, 0.717) is 11.3 Å². The van der Waals surface area contributed by atoms with E-state index in [1.54, 1.807) is 42.6 Å². The molecular weight excluding hydrogens is 450 g/mol. The number of thiophene rings is 1. The molecule has 1 saturated heterocycles. The van der Waals surface area contributed by atoms with Crippen molar-refractivity contribution in [3.63, 3.8) is 0 Å². The number of anilines is 1. The predicted octanol–water partition coefficient (Wildman–Crippen LogP) is 4.95. The van der Waals surface area contributed by atoms with Gasteiger partial charge in [-0.2, -0.15) is 0 Å². The first kappa shape index (κ1) is 24.4. The number of nitrogens with zero attached hydrogens (tertiary/aromatic N) is 3. The second kappa shape index (κ2) is 9.90. The van der Waals surface area contributed by atoms with Gasteiger partial charge in [-0.3, -0.25) is 14.6 Å². The van der Waals surface area contributed by atoms with Gasteiger partial charge < -0.3 is 14.0 Å². The first-order valence-corrected chi connectivity index (χ1v) is 12.5. The Balaban J connectivity index is 1.47. The van der Waals surface area contributed by atoms with Crippen LogP contribution in [0.25, 0.3) is 10.2 Å². The van der Waals surface area contributed by atoms with Crippen molar-refractivity contribution in [1.82, 2.24) is 9.47 Å². The number of hydrogen-bond acceptors (Lipinski definition) is 6. The zero-order valence-corrected chi connectivity index (χ0v) is 21.4. The number of carbonyl (C=O) groups excluding carboxylic acids is 2. The van der Waals surface area contributed by atoms with Crippen LogP contribution in [-0.2, 0) is 16.0 Å². The fourth-order valence-corrected chi connectivity index (χ4v) is 5.23. The Morgan fingerprint density at radius 2 is 1.76 bits per heavy atom. The average molecular weight is 484 g/mol. The Bertz CT molecular complexity index is 1170. The van der Waals surface area contributed by atoms with E-state index >= 15 is 0 Å². The molecule has 0 saturated carbocycles. The number of aromatic nitrogens is 1. The summed E-state index contributed by atoms with van der Waals surface area (Å²) < 4.78 is 13.2. The molecule has 182 valence electrons. The molecule has 3 heterocycles. The normalized spacial score (nSPS) is 15.0. The third-order valence-electron chi connectivity index (χ3n) is 5.93. The Morgan fingerprint density at radius 1 is 1.09 bits per heavy atom. The summed E-state index contributed by atoms with van der Waals surface area (Å²) in [5.41, 5.74) is 1.92. The van der Waals surface area contributed by atoms with Gasteiger partial charge in [0.2, 0.25) is 5.78 Å². The van der Waals surface area contributed by atoms with Crippen LogP contribution in [0.1, 0.15) is 41.7 Å². The molecule has 4 rings (SSSR count). The third kappa shape index (κ3) is 5.51. The van der Waals surface area contributed by atoms with E-state index in [4.69, 9.17) is 9.47 Å². The molecule has 2 aromatic heterocycles. The van der Waals surface area contributed by atoms with Crippen LogP contribution in [0, 0.1) is 6.92 Å². The number of morpholine rings is 1. The Hall–Kier alpha value is -2.68. The van der Waals surface area contributed by atoms with Gasteiger partial charge in [-0.1, -0.05) is 0 Å². The van der Waals surface area contributed by atoms with E-state index in [1.165, 1.54) is 10.6 Å². The number of hydrogen-bond donors (Lipinski definition) is 0. The van der Waals surface area contributed by atoms with Crippen LogP contribution in [0.4, 0.5) is 10.5 Å². The molecule has 7 nitrogen and oxygen atoms in total. The highest BCUT2D eigenvalue weighted by Crippen LogP contribution is 2.31. The smallest absolute Gasteiger partial charge is 0.414 e. The molecule has 0 bridgehead atoms. The Kier molecular flexibility index (Phi) is 7.12. The van der Waals surface area contributed by atoms with Crippen LogP contribution in [0.3, 0.4) is 0 Å². The monoisotopic (exact) mass is 483 g/mol. The quantitative estimate of drug-likeness (QED) is 0.465. The maximum atomic E-state index is 13.2. The van der Waals surface area contributed by atoms with Crippen LogP contribution in [0.15, 0.2) is 36.4 Å². The van der Waals surface area contributed by atoms with Gasteiger partial charge >= 0.3 is 6.09 Å². The molecule has 3 aromatic rings. The molecule has 1 aliphatic rings. The standard InChI is InChI=1S/C26H33N3O4S/c1-18-16-20-17-22(34-24(20)29(18)11-10-28-12-14-32-15-13-28)23(30)19-6-8-21(9-7-19)27(5)25(31)33-26(2,3)4/h6-9,16-17H,10-15H2,1-5H3. The van der Waals surface area contributed by atoms with E-state index in [0.717, 1.165) is 54.5 Å². The fourth-order valence-electron chi connectivity index (χ4n) is 4.04. The van der Waals surface area contributed by atoms with E-state index in [2.05, 4.69) is 22.5 Å². The summed E-state index contributed by atoms with van der Waals surface area (Å²) in [5.74, 6) is -0.00921. The zero-order chi connectivity index (χ0) is 24.5. The molecule has 0 unspecified atom stereocenters. The summed E-state index contributed by atoms with van der Waals surface area (Å²) in [5, 5.41) is 1.11. The van der Waals surface area contributed by atoms with Crippen molar-refractivity contribution >= 4 is 39.1 Å². The van der Waals surface area contributed by atoms with E-state index in [1.807, 2.05) is 26.8 Å². The van der Waals surface area contributed by atoms with Crippen LogP contribution in [-0.4, -0.2) is 66.8 Å². The maximum absolute atomic E-state index is 13.2. The van der Waals surface area contributed by atoms with Gasteiger partial charge in [0.05, 0.1) is 18.1 Å². The number of aryl methyl sites for hydroxylation is 1. The molecule has 8 heteroatoms. The SMILES string of the molecule is Cc1cc2cc(C(=O)c3ccc(N(C)C(=O)OC(C)(C)C)cc3)sc2n1CCN1CCOCC1. The van der Waals surface area contributed by atoms with Crippen molar-refractivity contribution in [2.45, 2.75) is 39.8 Å². The molecule has 34 heavy (non-hydrogen) atoms. The second-order valence-corrected chi connectivity index (χ2v) is 10.7. The lowest BCUT2D eigenvalue weighted by Gasteiger charge is -2.26. The number of benzene rings is 1. The van der Waals surface area contributed by atoms with Crippen LogP contribution in [0.5, 0.6) is 0 Å². The van der Waals surface area contributed by atoms with E-state index in [-0.39, 0.29) is 5.78 Å². The predicted molar refractivity (Wildman–Crippen MR) is 136 cm³/mol. The number of rotatable bonds is 6. The zero-order valence-electron chi connectivity index (χ0n) is 20.6. The van der Waals surface area contributed by atoms with E-state index in [9.17, 15) is 9.59 Å². The minimum absolute atomic E-state index is 0.00921. The summed E-state index contributed by atoms with van der Waals surface area (Å²) in [7, 11) is 1.66. The third-order valence-corrected chi connectivity index (χ3v) is 7.10. The van der Waals surface area contributed by atoms with Gasteiger partial charge in [-0.05, 0) is 64.1 Å². The molecule has 0 atom stereocenters. The lowest BCUT2D eigenvalue weighted by molar-refractivity contribution is 0.0365. The van der Waals surface area contributed by atoms with Crippen LogP contribution < -0.4 is 4.90 Å². The molecule has 0 aliphatic carbocycles. The molecule has 0 radical (unpaired) electrons. The largest absolute Gasteiger partial charge is 0.443 e. The summed E-state index contributed by atoms with van der Waals surface area (Å²) in [6, 6.07) is 11.2. The molecule has 0 N–H and O–H groups in total. The summed E-state index contributed by atoms with van der Waals surface area (Å²) >= 11 is 1.54. The van der Waals surface area contributed by atoms with Gasteiger partial charge in [0.25, 0.3) is 0 Å². The average Bonchev–Trinajstić information content (AvgIpc) is 3.33. The highest BCUT2D eigenvalue weighted by molar-refractivity contribution is 7.20. The van der Waals surface area contributed by atoms with Gasteiger partial charge in [-0.15, -0.1) is 11.3 Å². The topological polar surface area (TPSA) is 64.0 Å². The van der Waals surface area contributed by atoms with E-state index < -0.39 is 11.7 Å². The number of carbonyl (C=O) groups is 2. The van der Waals surface area contributed by atoms with Crippen molar-refractivity contribution in [1.29, 1.82) is 0 Å². The van der Waals surface area contributed by atoms with Crippen LogP contribution in [0.2, 0.25) is 0 Å². The first-order chi connectivity index (χ1) is 16.1. The van der Waals surface area contributed by atoms with Crippen molar-refractivity contribution in [2.24, 2.45) is 0 Å². The van der Waals surface area contributed by atoms with Crippen molar-refractivity contribution in [2.75, 3.05) is 44.8 Å². The highest BCUT2D eigenvalue weighted by Gasteiger charge is 2.21. The van der Waals surface area contributed by atoms with Crippen molar-refractivity contribution in [3.8, 4) is 0 Å². The fraction of sp³-hybridized carbons (Fsp3) is 0.462. The van der Waals surface area contributed by atoms with Gasteiger partial charge in [-0.25, -0.2) is 4.79 Å². The summed E-state index contributed by atoms with van der Waals surface area (Å²) in [6.07, 6.45) is -0.430. The minimum atomic E-state index is -0.566. The Morgan fingerprint density at radius 3 is 2.41 bits per heavy atom. The molecule has 0 spiro atoms. The molecule has 1 amide bonds. The molecular formula is C26H33N3O4S. The Labute approximate surface area is 204 Å². The van der Waals surface area contributed by atoms with Crippen molar-refractivity contribution < 1.29 is 19.1 Å². The number of ether oxygens (including phenoxy) is 2. The first-order valence-electron chi connectivity index (χ1n) is 11.6.